The number of hydrogen-bond donors (Lipinski definition) is 1. The molecule has 1 amide bonds. The van der Waals surface area contributed by atoms with Gasteiger partial charge in [0.2, 0.25) is 5.91 Å². The normalized spacial score (nSPS) is 23.1. The summed E-state index contributed by atoms with van der Waals surface area (Å²) in [6, 6.07) is 6.77. The van der Waals surface area contributed by atoms with Crippen molar-refractivity contribution in [2.24, 2.45) is 0 Å². The molecule has 2 aliphatic rings. The van der Waals surface area contributed by atoms with E-state index >= 15 is 0 Å². The van der Waals surface area contributed by atoms with Crippen LogP contribution in [0.3, 0.4) is 0 Å². The van der Waals surface area contributed by atoms with Crippen molar-refractivity contribution in [2.45, 2.75) is 51.7 Å². The van der Waals surface area contributed by atoms with E-state index in [0.717, 1.165) is 19.7 Å². The molecule has 1 aromatic rings. The number of nitrogens with one attached hydrogen (secondary N) is 1. The van der Waals surface area contributed by atoms with E-state index in [1.807, 2.05) is 0 Å². The van der Waals surface area contributed by atoms with Gasteiger partial charge in [0.1, 0.15) is 0 Å². The average Bonchev–Trinajstić information content (AvgIpc) is 2.54. The van der Waals surface area contributed by atoms with Gasteiger partial charge in [-0.25, -0.2) is 0 Å². The Hall–Kier alpha value is -1.39. The first kappa shape index (κ1) is 16.5. The minimum absolute atomic E-state index is 0.0631. The van der Waals surface area contributed by atoms with Crippen molar-refractivity contribution >= 4 is 5.91 Å². The van der Waals surface area contributed by atoms with Gasteiger partial charge in [-0.1, -0.05) is 18.2 Å². The van der Waals surface area contributed by atoms with Gasteiger partial charge in [-0.15, -0.1) is 0 Å². The van der Waals surface area contributed by atoms with Gasteiger partial charge in [-0.05, 0) is 56.2 Å². The topological polar surface area (TPSA) is 41.6 Å². The van der Waals surface area contributed by atoms with Gasteiger partial charge in [0, 0.05) is 13.1 Å². The van der Waals surface area contributed by atoms with E-state index in [1.54, 1.807) is 0 Å². The fourth-order valence-electron chi connectivity index (χ4n) is 3.63. The summed E-state index contributed by atoms with van der Waals surface area (Å²) in [5.41, 5.74) is 4.17. The predicted octanol–water partition coefficient (Wildman–Crippen LogP) is 2.46. The Morgan fingerprint density at radius 3 is 2.91 bits per heavy atom. The van der Waals surface area contributed by atoms with Gasteiger partial charge in [0.25, 0.3) is 0 Å². The number of morpholine rings is 1. The molecule has 3 rings (SSSR count). The molecule has 2 atom stereocenters. The maximum Gasteiger partial charge on any atom is 0.234 e. The van der Waals surface area contributed by atoms with E-state index in [1.165, 1.54) is 42.4 Å². The maximum absolute atomic E-state index is 12.3. The Bertz CT molecular complexity index is 558. The van der Waals surface area contributed by atoms with Gasteiger partial charge in [0.05, 0.1) is 25.3 Å². The minimum Gasteiger partial charge on any atom is -0.376 e. The standard InChI is InChI=1S/C19H28N2O2/c1-14-12-21(9-10-23-14)13-19(22)20-15(2)17-8-7-16-5-3-4-6-18(16)11-17/h7-8,11,14-15H,3-6,9-10,12-13H2,1-2H3,(H,20,22). The average molecular weight is 316 g/mol. The highest BCUT2D eigenvalue weighted by Crippen LogP contribution is 2.24. The first-order chi connectivity index (χ1) is 11.1. The lowest BCUT2D eigenvalue weighted by atomic mass is 9.89. The third kappa shape index (κ3) is 4.33. The Morgan fingerprint density at radius 2 is 2.13 bits per heavy atom. The van der Waals surface area contributed by atoms with Crippen molar-refractivity contribution in [3.63, 3.8) is 0 Å². The van der Waals surface area contributed by atoms with Crippen LogP contribution in [0.4, 0.5) is 0 Å². The number of amides is 1. The van der Waals surface area contributed by atoms with Crippen molar-refractivity contribution in [1.82, 2.24) is 10.2 Å². The number of fused-ring (bicyclic) bond motifs is 1. The number of benzene rings is 1. The summed E-state index contributed by atoms with van der Waals surface area (Å²) >= 11 is 0. The lowest BCUT2D eigenvalue weighted by Gasteiger charge is -2.30. The van der Waals surface area contributed by atoms with E-state index in [9.17, 15) is 4.79 Å². The van der Waals surface area contributed by atoms with E-state index in [2.05, 4.69) is 42.3 Å². The fraction of sp³-hybridized carbons (Fsp3) is 0.632. The molecular weight excluding hydrogens is 288 g/mol. The number of carbonyl (C=O) groups excluding carboxylic acids is 1. The molecule has 0 spiro atoms. The number of aryl methyl sites for hydroxylation is 2. The van der Waals surface area contributed by atoms with Crippen molar-refractivity contribution < 1.29 is 9.53 Å². The molecule has 4 heteroatoms. The Balaban J connectivity index is 1.55. The van der Waals surface area contributed by atoms with Crippen LogP contribution in [0.15, 0.2) is 18.2 Å². The predicted molar refractivity (Wildman–Crippen MR) is 91.5 cm³/mol. The Labute approximate surface area is 139 Å². The van der Waals surface area contributed by atoms with Crippen LogP contribution >= 0.6 is 0 Å². The van der Waals surface area contributed by atoms with E-state index in [-0.39, 0.29) is 18.1 Å². The summed E-state index contributed by atoms with van der Waals surface area (Å²) in [5, 5.41) is 3.14. The second-order valence-corrected chi connectivity index (χ2v) is 6.94. The van der Waals surface area contributed by atoms with Gasteiger partial charge in [0.15, 0.2) is 0 Å². The van der Waals surface area contributed by atoms with Crippen LogP contribution in [0, 0.1) is 0 Å². The van der Waals surface area contributed by atoms with Crippen LogP contribution in [-0.4, -0.2) is 43.2 Å². The number of ether oxygens (including phenoxy) is 1. The monoisotopic (exact) mass is 316 g/mol. The molecule has 126 valence electrons. The molecule has 0 saturated carbocycles. The molecule has 1 N–H and O–H groups in total. The molecule has 1 aliphatic heterocycles. The largest absolute Gasteiger partial charge is 0.376 e. The van der Waals surface area contributed by atoms with Crippen LogP contribution in [0.5, 0.6) is 0 Å². The molecule has 1 heterocycles. The second kappa shape index (κ2) is 7.45. The number of hydrogen-bond acceptors (Lipinski definition) is 3. The second-order valence-electron chi connectivity index (χ2n) is 6.94. The summed E-state index contributed by atoms with van der Waals surface area (Å²) in [6.07, 6.45) is 5.18. The summed E-state index contributed by atoms with van der Waals surface area (Å²) < 4.78 is 5.52. The highest BCUT2D eigenvalue weighted by Gasteiger charge is 2.20. The molecule has 2 unspecified atom stereocenters. The van der Waals surface area contributed by atoms with Crippen LogP contribution in [-0.2, 0) is 22.4 Å². The molecular formula is C19H28N2O2. The summed E-state index contributed by atoms with van der Waals surface area (Å²) in [5.74, 6) is 0.101. The van der Waals surface area contributed by atoms with Crippen molar-refractivity contribution in [3.05, 3.63) is 34.9 Å². The molecule has 1 aliphatic carbocycles. The first-order valence-electron chi connectivity index (χ1n) is 8.87. The van der Waals surface area contributed by atoms with Gasteiger partial charge < -0.3 is 10.1 Å². The maximum atomic E-state index is 12.3. The lowest BCUT2D eigenvalue weighted by molar-refractivity contribution is -0.124. The van der Waals surface area contributed by atoms with Crippen molar-refractivity contribution in [2.75, 3.05) is 26.2 Å². The van der Waals surface area contributed by atoms with E-state index in [4.69, 9.17) is 4.74 Å². The van der Waals surface area contributed by atoms with Gasteiger partial charge in [-0.3, -0.25) is 9.69 Å². The highest BCUT2D eigenvalue weighted by molar-refractivity contribution is 5.78. The van der Waals surface area contributed by atoms with Crippen molar-refractivity contribution in [1.29, 1.82) is 0 Å². The van der Waals surface area contributed by atoms with E-state index < -0.39 is 0 Å². The Morgan fingerprint density at radius 1 is 1.35 bits per heavy atom. The minimum atomic E-state index is 0.0631. The van der Waals surface area contributed by atoms with Gasteiger partial charge in [-0.2, -0.15) is 0 Å². The summed E-state index contributed by atoms with van der Waals surface area (Å²) in [7, 11) is 0. The first-order valence-corrected chi connectivity index (χ1v) is 8.87. The zero-order valence-corrected chi connectivity index (χ0v) is 14.3. The molecule has 1 saturated heterocycles. The zero-order chi connectivity index (χ0) is 16.2. The molecule has 0 bridgehead atoms. The highest BCUT2D eigenvalue weighted by atomic mass is 16.5. The van der Waals surface area contributed by atoms with E-state index in [0.29, 0.717) is 6.54 Å². The summed E-state index contributed by atoms with van der Waals surface area (Å²) in [6.45, 7) is 6.98. The quantitative estimate of drug-likeness (QED) is 0.928. The molecule has 1 fully saturated rings. The molecule has 4 nitrogen and oxygen atoms in total. The van der Waals surface area contributed by atoms with Gasteiger partial charge >= 0.3 is 0 Å². The SMILES string of the molecule is CC1CN(CC(=O)NC(C)c2ccc3c(c2)CCCC3)CCO1. The number of carbonyl (C=O) groups is 1. The molecule has 23 heavy (non-hydrogen) atoms. The van der Waals surface area contributed by atoms with Crippen LogP contribution in [0.2, 0.25) is 0 Å². The Kier molecular flexibility index (Phi) is 5.34. The van der Waals surface area contributed by atoms with Crippen molar-refractivity contribution in [3.8, 4) is 0 Å². The van der Waals surface area contributed by atoms with Crippen LogP contribution in [0.1, 0.15) is 49.4 Å². The summed E-state index contributed by atoms with van der Waals surface area (Å²) in [4.78, 5) is 14.5. The van der Waals surface area contributed by atoms with Crippen LogP contribution in [0.25, 0.3) is 0 Å². The lowest BCUT2D eigenvalue weighted by Crippen LogP contribution is -2.46. The zero-order valence-electron chi connectivity index (χ0n) is 14.3. The fourth-order valence-corrected chi connectivity index (χ4v) is 3.63. The van der Waals surface area contributed by atoms with Crippen LogP contribution < -0.4 is 5.32 Å². The smallest absolute Gasteiger partial charge is 0.234 e. The molecule has 0 radical (unpaired) electrons. The molecule has 0 aromatic heterocycles. The molecule has 1 aromatic carbocycles. The third-order valence-electron chi connectivity index (χ3n) is 4.94. The number of nitrogens with zero attached hydrogens (tertiary/aromatic N) is 1. The third-order valence-corrected chi connectivity index (χ3v) is 4.94. The number of rotatable bonds is 4.